The topological polar surface area (TPSA) is 37.4 Å². The van der Waals surface area contributed by atoms with Crippen molar-refractivity contribution in [2.75, 3.05) is 13.6 Å². The first-order valence-electron chi connectivity index (χ1n) is 6.58. The quantitative estimate of drug-likeness (QED) is 0.729. The van der Waals surface area contributed by atoms with Gasteiger partial charge in [-0.05, 0) is 48.4 Å². The molecular formula is C14H19BrClNO2S. The van der Waals surface area contributed by atoms with Gasteiger partial charge in [0.2, 0.25) is 10.0 Å². The van der Waals surface area contributed by atoms with E-state index >= 15 is 0 Å². The van der Waals surface area contributed by atoms with E-state index in [-0.39, 0.29) is 0 Å². The molecule has 1 aliphatic carbocycles. The van der Waals surface area contributed by atoms with Gasteiger partial charge in [-0.15, -0.1) is 11.6 Å². The minimum atomic E-state index is -3.46. The first kappa shape index (κ1) is 16.3. The number of alkyl halides is 1. The largest absolute Gasteiger partial charge is 0.243 e. The van der Waals surface area contributed by atoms with Crippen LogP contribution in [-0.4, -0.2) is 26.3 Å². The Labute approximate surface area is 134 Å². The van der Waals surface area contributed by atoms with Crippen molar-refractivity contribution >= 4 is 37.6 Å². The monoisotopic (exact) mass is 379 g/mol. The Balaban J connectivity index is 2.35. The zero-order valence-corrected chi connectivity index (χ0v) is 15.0. The van der Waals surface area contributed by atoms with Crippen LogP contribution in [0, 0.1) is 18.8 Å². The van der Waals surface area contributed by atoms with E-state index in [0.29, 0.717) is 29.2 Å². The summed E-state index contributed by atoms with van der Waals surface area (Å²) in [5.41, 5.74) is 1.53. The summed E-state index contributed by atoms with van der Waals surface area (Å²) in [5, 5.41) is 0. The lowest BCUT2D eigenvalue weighted by Crippen LogP contribution is -2.30. The number of halogens is 2. The van der Waals surface area contributed by atoms with E-state index in [2.05, 4.69) is 22.9 Å². The molecule has 0 aromatic heterocycles. The van der Waals surface area contributed by atoms with E-state index < -0.39 is 10.0 Å². The fraction of sp³-hybridized carbons (Fsp3) is 0.571. The normalized spacial score (nSPS) is 22.3. The summed E-state index contributed by atoms with van der Waals surface area (Å²) in [6, 6.07) is 3.54. The predicted molar refractivity (Wildman–Crippen MR) is 85.5 cm³/mol. The van der Waals surface area contributed by atoms with Crippen LogP contribution in [0.25, 0.3) is 0 Å². The Kier molecular flexibility index (Phi) is 4.84. The molecule has 6 heteroatoms. The second-order valence-electron chi connectivity index (χ2n) is 5.59. The van der Waals surface area contributed by atoms with E-state index in [9.17, 15) is 8.42 Å². The van der Waals surface area contributed by atoms with Crippen LogP contribution < -0.4 is 0 Å². The molecule has 0 spiro atoms. The number of benzene rings is 1. The van der Waals surface area contributed by atoms with Gasteiger partial charge in [0, 0.05) is 23.9 Å². The van der Waals surface area contributed by atoms with Gasteiger partial charge in [-0.2, -0.15) is 0 Å². The highest BCUT2D eigenvalue weighted by Gasteiger charge is 2.36. The summed E-state index contributed by atoms with van der Waals surface area (Å²) in [7, 11) is -1.80. The molecule has 0 amide bonds. The molecule has 0 bridgehead atoms. The highest BCUT2D eigenvalue weighted by molar-refractivity contribution is 9.10. The fourth-order valence-electron chi connectivity index (χ4n) is 2.30. The van der Waals surface area contributed by atoms with E-state index in [1.54, 1.807) is 13.1 Å². The standard InChI is InChI=1S/C14H19BrClNO2S/c1-9-4-12(9)8-17(3)20(18,19)14-6-11(7-16)5-13(15)10(14)2/h5-6,9,12H,4,7-8H2,1-3H3. The third-order valence-electron chi connectivity index (χ3n) is 3.97. The van der Waals surface area contributed by atoms with Crippen molar-refractivity contribution in [3.8, 4) is 0 Å². The number of rotatable bonds is 5. The minimum absolute atomic E-state index is 0.296. The first-order valence-corrected chi connectivity index (χ1v) is 9.35. The van der Waals surface area contributed by atoms with Gasteiger partial charge in [0.15, 0.2) is 0 Å². The van der Waals surface area contributed by atoms with Crippen molar-refractivity contribution in [2.24, 2.45) is 11.8 Å². The molecule has 2 unspecified atom stereocenters. The zero-order chi connectivity index (χ0) is 15.1. The Morgan fingerprint density at radius 3 is 2.55 bits per heavy atom. The van der Waals surface area contributed by atoms with Gasteiger partial charge in [-0.1, -0.05) is 22.9 Å². The molecule has 1 aromatic carbocycles. The molecule has 3 nitrogen and oxygen atoms in total. The average Bonchev–Trinajstić information content (AvgIpc) is 3.07. The lowest BCUT2D eigenvalue weighted by Gasteiger charge is -2.19. The molecule has 1 aromatic rings. The number of hydrogen-bond donors (Lipinski definition) is 0. The van der Waals surface area contributed by atoms with E-state index in [1.807, 2.05) is 13.0 Å². The number of sulfonamides is 1. The molecular weight excluding hydrogens is 362 g/mol. The maximum atomic E-state index is 12.7. The molecule has 0 aliphatic heterocycles. The Morgan fingerprint density at radius 2 is 2.05 bits per heavy atom. The Bertz CT molecular complexity index is 618. The molecule has 2 rings (SSSR count). The molecule has 20 heavy (non-hydrogen) atoms. The van der Waals surface area contributed by atoms with Crippen LogP contribution in [-0.2, 0) is 15.9 Å². The van der Waals surface area contributed by atoms with Gasteiger partial charge in [-0.3, -0.25) is 0 Å². The third kappa shape index (κ3) is 3.21. The maximum Gasteiger partial charge on any atom is 0.243 e. The third-order valence-corrected chi connectivity index (χ3v) is 7.05. The Hall–Kier alpha value is -0.100. The summed E-state index contributed by atoms with van der Waals surface area (Å²) in [5.74, 6) is 1.43. The SMILES string of the molecule is Cc1c(Br)cc(CCl)cc1S(=O)(=O)N(C)CC1CC1C. The highest BCUT2D eigenvalue weighted by Crippen LogP contribution is 2.39. The minimum Gasteiger partial charge on any atom is -0.207 e. The first-order chi connectivity index (χ1) is 9.27. The van der Waals surface area contributed by atoms with Crippen molar-refractivity contribution in [3.63, 3.8) is 0 Å². The van der Waals surface area contributed by atoms with Crippen LogP contribution in [0.4, 0.5) is 0 Å². The van der Waals surface area contributed by atoms with Crippen molar-refractivity contribution in [1.29, 1.82) is 0 Å². The van der Waals surface area contributed by atoms with E-state index in [1.165, 1.54) is 4.31 Å². The van der Waals surface area contributed by atoms with Gasteiger partial charge in [0.25, 0.3) is 0 Å². The lowest BCUT2D eigenvalue weighted by molar-refractivity contribution is 0.444. The van der Waals surface area contributed by atoms with Crippen LogP contribution in [0.5, 0.6) is 0 Å². The molecule has 1 fully saturated rings. The van der Waals surface area contributed by atoms with Crippen molar-refractivity contribution < 1.29 is 8.42 Å². The van der Waals surface area contributed by atoms with Crippen molar-refractivity contribution in [2.45, 2.75) is 31.0 Å². The summed E-state index contributed by atoms with van der Waals surface area (Å²) in [6.45, 7) is 4.55. The molecule has 0 saturated heterocycles. The van der Waals surface area contributed by atoms with Crippen LogP contribution in [0.15, 0.2) is 21.5 Å². The van der Waals surface area contributed by atoms with Crippen molar-refractivity contribution in [3.05, 3.63) is 27.7 Å². The molecule has 0 heterocycles. The van der Waals surface area contributed by atoms with Gasteiger partial charge in [0.05, 0.1) is 4.90 Å². The number of nitrogens with zero attached hydrogens (tertiary/aromatic N) is 1. The van der Waals surface area contributed by atoms with Crippen LogP contribution >= 0.6 is 27.5 Å². The highest BCUT2D eigenvalue weighted by atomic mass is 79.9. The van der Waals surface area contributed by atoms with Crippen molar-refractivity contribution in [1.82, 2.24) is 4.31 Å². The van der Waals surface area contributed by atoms with Crippen LogP contribution in [0.2, 0.25) is 0 Å². The van der Waals surface area contributed by atoms with Gasteiger partial charge < -0.3 is 0 Å². The average molecular weight is 381 g/mol. The molecule has 1 saturated carbocycles. The lowest BCUT2D eigenvalue weighted by atomic mass is 10.2. The summed E-state index contributed by atoms with van der Waals surface area (Å²) in [4.78, 5) is 0.346. The summed E-state index contributed by atoms with van der Waals surface area (Å²) >= 11 is 9.25. The van der Waals surface area contributed by atoms with Gasteiger partial charge >= 0.3 is 0 Å². The molecule has 1 aliphatic rings. The maximum absolute atomic E-state index is 12.7. The zero-order valence-electron chi connectivity index (χ0n) is 11.9. The molecule has 112 valence electrons. The molecule has 2 atom stereocenters. The summed E-state index contributed by atoms with van der Waals surface area (Å²) < 4.78 is 27.7. The van der Waals surface area contributed by atoms with E-state index in [0.717, 1.165) is 22.0 Å². The summed E-state index contributed by atoms with van der Waals surface area (Å²) in [6.07, 6.45) is 1.12. The molecule has 0 radical (unpaired) electrons. The number of hydrogen-bond acceptors (Lipinski definition) is 2. The smallest absolute Gasteiger partial charge is 0.207 e. The predicted octanol–water partition coefficient (Wildman–Crippen LogP) is 3.77. The van der Waals surface area contributed by atoms with E-state index in [4.69, 9.17) is 11.6 Å². The second-order valence-corrected chi connectivity index (χ2v) is 8.73. The fourth-order valence-corrected chi connectivity index (χ4v) is 4.62. The second kappa shape index (κ2) is 5.95. The Morgan fingerprint density at radius 1 is 1.45 bits per heavy atom. The van der Waals surface area contributed by atoms with Crippen LogP contribution in [0.1, 0.15) is 24.5 Å². The van der Waals surface area contributed by atoms with Crippen LogP contribution in [0.3, 0.4) is 0 Å². The van der Waals surface area contributed by atoms with Gasteiger partial charge in [-0.25, -0.2) is 12.7 Å². The van der Waals surface area contributed by atoms with Gasteiger partial charge in [0.1, 0.15) is 0 Å². The molecule has 0 N–H and O–H groups in total.